The van der Waals surface area contributed by atoms with E-state index in [1.54, 1.807) is 0 Å². The molecule has 5 nitrogen and oxygen atoms in total. The van der Waals surface area contributed by atoms with Gasteiger partial charge in [-0.3, -0.25) is 4.79 Å². The van der Waals surface area contributed by atoms with Gasteiger partial charge in [0.25, 0.3) is 5.91 Å². The third-order valence-corrected chi connectivity index (χ3v) is 3.88. The van der Waals surface area contributed by atoms with E-state index in [0.717, 1.165) is 16.7 Å². The molecule has 0 aliphatic heterocycles. The van der Waals surface area contributed by atoms with Crippen LogP contribution >= 0.6 is 0 Å². The first-order chi connectivity index (χ1) is 11.6. The molecule has 3 N–H and O–H groups in total. The van der Waals surface area contributed by atoms with E-state index >= 15 is 0 Å². The van der Waals surface area contributed by atoms with Crippen LogP contribution in [0.2, 0.25) is 0 Å². The second kappa shape index (κ2) is 7.10. The predicted molar refractivity (Wildman–Crippen MR) is 91.3 cm³/mol. The van der Waals surface area contributed by atoms with Crippen LogP contribution < -0.4 is 11.1 Å². The summed E-state index contributed by atoms with van der Waals surface area (Å²) >= 11 is 0. The van der Waals surface area contributed by atoms with Gasteiger partial charge in [-0.05, 0) is 23.6 Å². The molecule has 122 valence electrons. The molecule has 1 atom stereocenters. The van der Waals surface area contributed by atoms with Gasteiger partial charge in [-0.15, -0.1) is 0 Å². The number of hydrogen-bond acceptors (Lipinski definition) is 4. The number of nitrogens with two attached hydrogens (primary N) is 1. The Morgan fingerprint density at radius 3 is 2.62 bits per heavy atom. The van der Waals surface area contributed by atoms with E-state index in [0.29, 0.717) is 12.4 Å². The largest absolute Gasteiger partial charge is 0.446 e. The van der Waals surface area contributed by atoms with E-state index in [1.807, 2.05) is 61.5 Å². The molecule has 3 rings (SSSR count). The van der Waals surface area contributed by atoms with Crippen molar-refractivity contribution in [3.05, 3.63) is 89.1 Å². The normalized spacial score (nSPS) is 11.9. The highest BCUT2D eigenvalue weighted by molar-refractivity contribution is 5.91. The zero-order valence-electron chi connectivity index (χ0n) is 13.4. The monoisotopic (exact) mass is 321 g/mol. The Morgan fingerprint density at radius 1 is 1.17 bits per heavy atom. The summed E-state index contributed by atoms with van der Waals surface area (Å²) in [5.41, 5.74) is 9.43. The molecule has 0 saturated heterocycles. The Balaban J connectivity index is 1.67. The quantitative estimate of drug-likeness (QED) is 0.757. The lowest BCUT2D eigenvalue weighted by atomic mass is 10.1. The molecular weight excluding hydrogens is 302 g/mol. The average molecular weight is 321 g/mol. The molecule has 0 aliphatic carbocycles. The van der Waals surface area contributed by atoms with E-state index in [2.05, 4.69) is 10.3 Å². The van der Waals surface area contributed by atoms with Gasteiger partial charge in [-0.2, -0.15) is 0 Å². The summed E-state index contributed by atoms with van der Waals surface area (Å²) in [6.45, 7) is 2.45. The van der Waals surface area contributed by atoms with Crippen molar-refractivity contribution < 1.29 is 9.21 Å². The van der Waals surface area contributed by atoms with Gasteiger partial charge in [0.15, 0.2) is 5.69 Å². The standard InChI is InChI=1S/C19H19N3O2/c1-13-7-5-6-10-15(13)11-21-18(23)16-12-24-19(22-16)17(20)14-8-3-2-4-9-14/h2-10,12,17H,11,20H2,1H3,(H,21,23). The predicted octanol–water partition coefficient (Wildman–Crippen LogP) is 2.96. The van der Waals surface area contributed by atoms with Crippen molar-refractivity contribution >= 4 is 5.91 Å². The van der Waals surface area contributed by atoms with E-state index in [9.17, 15) is 4.79 Å². The number of carbonyl (C=O) groups excluding carboxylic acids is 1. The summed E-state index contributed by atoms with van der Waals surface area (Å²) in [4.78, 5) is 16.4. The first-order valence-electron chi connectivity index (χ1n) is 7.74. The van der Waals surface area contributed by atoms with E-state index in [-0.39, 0.29) is 11.6 Å². The van der Waals surface area contributed by atoms with Crippen molar-refractivity contribution in [1.82, 2.24) is 10.3 Å². The van der Waals surface area contributed by atoms with Gasteiger partial charge >= 0.3 is 0 Å². The summed E-state index contributed by atoms with van der Waals surface area (Å²) in [6, 6.07) is 16.9. The SMILES string of the molecule is Cc1ccccc1CNC(=O)c1coc(C(N)c2ccccc2)n1. The van der Waals surface area contributed by atoms with Crippen LogP contribution in [0, 0.1) is 6.92 Å². The lowest BCUT2D eigenvalue weighted by Crippen LogP contribution is -2.23. The second-order valence-electron chi connectivity index (χ2n) is 5.57. The van der Waals surface area contributed by atoms with Gasteiger partial charge in [0.1, 0.15) is 12.3 Å². The van der Waals surface area contributed by atoms with Crippen molar-refractivity contribution in [2.24, 2.45) is 5.73 Å². The Hall–Kier alpha value is -2.92. The fraction of sp³-hybridized carbons (Fsp3) is 0.158. The number of aromatic nitrogens is 1. The van der Waals surface area contributed by atoms with Crippen LogP contribution in [0.3, 0.4) is 0 Å². The number of oxazole rings is 1. The fourth-order valence-corrected chi connectivity index (χ4v) is 2.41. The molecule has 0 bridgehead atoms. The van der Waals surface area contributed by atoms with E-state index in [4.69, 9.17) is 10.2 Å². The maximum absolute atomic E-state index is 12.2. The van der Waals surface area contributed by atoms with Crippen LogP contribution in [0.15, 0.2) is 65.3 Å². The van der Waals surface area contributed by atoms with E-state index < -0.39 is 6.04 Å². The minimum absolute atomic E-state index is 0.227. The number of amides is 1. The molecule has 1 amide bonds. The van der Waals surface area contributed by atoms with Crippen molar-refractivity contribution in [1.29, 1.82) is 0 Å². The number of rotatable bonds is 5. The molecule has 5 heteroatoms. The fourth-order valence-electron chi connectivity index (χ4n) is 2.41. The van der Waals surface area contributed by atoms with Crippen LogP contribution in [-0.4, -0.2) is 10.9 Å². The molecule has 0 aliphatic rings. The van der Waals surface area contributed by atoms with Gasteiger partial charge < -0.3 is 15.5 Å². The summed E-state index contributed by atoms with van der Waals surface area (Å²) in [5, 5.41) is 2.85. The number of carbonyl (C=O) groups is 1. The second-order valence-corrected chi connectivity index (χ2v) is 5.57. The number of hydrogen-bond donors (Lipinski definition) is 2. The molecule has 1 heterocycles. The van der Waals surface area contributed by atoms with Crippen LogP contribution in [0.5, 0.6) is 0 Å². The van der Waals surface area contributed by atoms with Crippen LogP contribution in [-0.2, 0) is 6.54 Å². The van der Waals surface area contributed by atoms with Gasteiger partial charge in [-0.25, -0.2) is 4.98 Å². The molecule has 24 heavy (non-hydrogen) atoms. The van der Waals surface area contributed by atoms with Gasteiger partial charge in [0, 0.05) is 6.54 Å². The highest BCUT2D eigenvalue weighted by Gasteiger charge is 2.18. The van der Waals surface area contributed by atoms with Crippen LogP contribution in [0.25, 0.3) is 0 Å². The van der Waals surface area contributed by atoms with Gasteiger partial charge in [0.05, 0.1) is 0 Å². The van der Waals surface area contributed by atoms with Crippen molar-refractivity contribution in [3.63, 3.8) is 0 Å². The highest BCUT2D eigenvalue weighted by atomic mass is 16.3. The molecule has 3 aromatic rings. The van der Waals surface area contributed by atoms with Crippen molar-refractivity contribution in [2.45, 2.75) is 19.5 Å². The maximum atomic E-state index is 12.2. The lowest BCUT2D eigenvalue weighted by molar-refractivity contribution is 0.0946. The number of nitrogens with zero attached hydrogens (tertiary/aromatic N) is 1. The first kappa shape index (κ1) is 16.0. The Labute approximate surface area is 140 Å². The first-order valence-corrected chi connectivity index (χ1v) is 7.74. The Bertz CT molecular complexity index is 827. The van der Waals surface area contributed by atoms with Crippen LogP contribution in [0.1, 0.15) is 39.1 Å². The molecular formula is C19H19N3O2. The Morgan fingerprint density at radius 2 is 1.88 bits per heavy atom. The number of nitrogens with one attached hydrogen (secondary N) is 1. The molecule has 0 saturated carbocycles. The highest BCUT2D eigenvalue weighted by Crippen LogP contribution is 2.18. The Kier molecular flexibility index (Phi) is 4.72. The molecule has 0 radical (unpaired) electrons. The van der Waals surface area contributed by atoms with Gasteiger partial charge in [-0.1, -0.05) is 54.6 Å². The van der Waals surface area contributed by atoms with Crippen molar-refractivity contribution in [3.8, 4) is 0 Å². The van der Waals surface area contributed by atoms with E-state index in [1.165, 1.54) is 6.26 Å². The average Bonchev–Trinajstić information content (AvgIpc) is 3.11. The molecule has 1 aromatic heterocycles. The molecule has 0 spiro atoms. The summed E-state index contributed by atoms with van der Waals surface area (Å²) in [6.07, 6.45) is 1.34. The topological polar surface area (TPSA) is 81.2 Å². The molecule has 1 unspecified atom stereocenters. The lowest BCUT2D eigenvalue weighted by Gasteiger charge is -2.07. The minimum atomic E-state index is -0.496. The van der Waals surface area contributed by atoms with Gasteiger partial charge in [0.2, 0.25) is 5.89 Å². The third kappa shape index (κ3) is 3.52. The molecule has 2 aromatic carbocycles. The third-order valence-electron chi connectivity index (χ3n) is 3.88. The minimum Gasteiger partial charge on any atom is -0.446 e. The molecule has 0 fully saturated rings. The maximum Gasteiger partial charge on any atom is 0.273 e. The van der Waals surface area contributed by atoms with Crippen molar-refractivity contribution in [2.75, 3.05) is 0 Å². The zero-order valence-corrected chi connectivity index (χ0v) is 13.4. The number of benzene rings is 2. The smallest absolute Gasteiger partial charge is 0.273 e. The zero-order chi connectivity index (χ0) is 16.9. The summed E-state index contributed by atoms with van der Waals surface area (Å²) in [7, 11) is 0. The van der Waals surface area contributed by atoms with Crippen LogP contribution in [0.4, 0.5) is 0 Å². The number of aryl methyl sites for hydroxylation is 1. The summed E-state index contributed by atoms with van der Waals surface area (Å²) in [5.74, 6) is 0.0377. The summed E-state index contributed by atoms with van der Waals surface area (Å²) < 4.78 is 5.38.